The van der Waals surface area contributed by atoms with E-state index in [1.165, 1.54) is 12.1 Å². The Balaban J connectivity index is 0.00000304. The Bertz CT molecular complexity index is 1110. The normalized spacial score (nSPS) is 22.4. The van der Waals surface area contributed by atoms with Crippen LogP contribution in [0.1, 0.15) is 18.4 Å². The third-order valence-corrected chi connectivity index (χ3v) is 7.41. The van der Waals surface area contributed by atoms with Gasteiger partial charge in [-0.3, -0.25) is 4.90 Å². The number of hydrogen-bond donors (Lipinski definition) is 0. The van der Waals surface area contributed by atoms with E-state index in [-0.39, 0.29) is 30.4 Å². The van der Waals surface area contributed by atoms with Gasteiger partial charge in [-0.1, -0.05) is 48.5 Å². The van der Waals surface area contributed by atoms with Crippen LogP contribution in [0.15, 0.2) is 84.9 Å². The molecule has 0 radical (unpaired) electrons. The number of piperidine rings is 3. The van der Waals surface area contributed by atoms with Crippen LogP contribution in [0.25, 0.3) is 0 Å². The summed E-state index contributed by atoms with van der Waals surface area (Å²) in [6.07, 6.45) is 1.72. The van der Waals surface area contributed by atoms with E-state index < -0.39 is 0 Å². The Hall–Kier alpha value is -3.09. The number of anilines is 1. The van der Waals surface area contributed by atoms with Crippen LogP contribution in [-0.2, 0) is 11.3 Å². The number of carbonyl (C=O) groups excluding carboxylic acids is 1. The first-order valence-electron chi connectivity index (χ1n) is 12.4. The van der Waals surface area contributed by atoms with Crippen LogP contribution in [0.3, 0.4) is 0 Å². The fourth-order valence-corrected chi connectivity index (χ4v) is 5.39. The summed E-state index contributed by atoms with van der Waals surface area (Å²) in [5.41, 5.74) is 1.89. The number of quaternary nitrogens is 1. The summed E-state index contributed by atoms with van der Waals surface area (Å²) < 4.78 is 26.1. The molecule has 0 spiro atoms. The number of hydrogen-bond acceptors (Lipinski definition) is 3. The van der Waals surface area contributed by atoms with Crippen molar-refractivity contribution in [1.82, 2.24) is 0 Å². The highest BCUT2D eigenvalue weighted by Gasteiger charge is 2.47. The molecular formula is C29H32ClFN2O3. The van der Waals surface area contributed by atoms with Gasteiger partial charge in [-0.25, -0.2) is 9.18 Å². The number of halogens is 2. The predicted octanol–water partition coefficient (Wildman–Crippen LogP) is 2.66. The molecule has 190 valence electrons. The maximum Gasteiger partial charge on any atom is 0.415 e. The molecule has 3 fully saturated rings. The van der Waals surface area contributed by atoms with Crippen molar-refractivity contribution in [3.05, 3.63) is 96.3 Å². The second-order valence-corrected chi connectivity index (χ2v) is 9.66. The van der Waals surface area contributed by atoms with Crippen molar-refractivity contribution in [2.24, 2.45) is 5.92 Å². The van der Waals surface area contributed by atoms with E-state index in [1.54, 1.807) is 17.0 Å². The molecule has 5 nitrogen and oxygen atoms in total. The Morgan fingerprint density at radius 1 is 0.917 bits per heavy atom. The van der Waals surface area contributed by atoms with E-state index in [9.17, 15) is 9.18 Å². The van der Waals surface area contributed by atoms with Gasteiger partial charge in [0.05, 0.1) is 19.6 Å². The monoisotopic (exact) mass is 510 g/mol. The molecule has 1 amide bonds. The highest BCUT2D eigenvalue weighted by atomic mass is 35.5. The molecule has 1 atom stereocenters. The minimum absolute atomic E-state index is 0. The Labute approximate surface area is 218 Å². The summed E-state index contributed by atoms with van der Waals surface area (Å²) in [4.78, 5) is 15.2. The van der Waals surface area contributed by atoms with Crippen LogP contribution >= 0.6 is 0 Å². The molecule has 0 aliphatic carbocycles. The predicted molar refractivity (Wildman–Crippen MR) is 134 cm³/mol. The molecule has 3 saturated heterocycles. The van der Waals surface area contributed by atoms with Crippen LogP contribution in [0.5, 0.6) is 5.75 Å². The molecule has 3 aromatic carbocycles. The number of nitrogens with zero attached hydrogens (tertiary/aromatic N) is 2. The number of ether oxygens (including phenoxy) is 2. The van der Waals surface area contributed by atoms with Gasteiger partial charge in [0, 0.05) is 24.4 Å². The lowest BCUT2D eigenvalue weighted by atomic mass is 9.83. The van der Waals surface area contributed by atoms with E-state index in [1.807, 2.05) is 60.7 Å². The van der Waals surface area contributed by atoms with Gasteiger partial charge in [0.2, 0.25) is 0 Å². The van der Waals surface area contributed by atoms with Crippen LogP contribution in [0.2, 0.25) is 0 Å². The molecule has 2 bridgehead atoms. The summed E-state index contributed by atoms with van der Waals surface area (Å²) in [5.74, 6) is 0.823. The maximum absolute atomic E-state index is 13.5. The largest absolute Gasteiger partial charge is 1.00 e. The molecule has 6 rings (SSSR count). The molecule has 3 aromatic rings. The minimum atomic E-state index is -0.292. The van der Waals surface area contributed by atoms with Gasteiger partial charge in [-0.05, 0) is 42.0 Å². The standard InChI is InChI=1S/C29H32FN2O3.ClH/c30-25-11-13-27(14-12-25)34-20-19-32-17-15-24(16-18-32)28(22-32)35-29(33)31(26-9-5-2-6-10-26)21-23-7-3-1-4-8-23;/h1-14,24,28H,15-22H2;1H/q+1;/p-1/t24?,28-,32?;/m0./s1. The molecule has 0 N–H and O–H groups in total. The second kappa shape index (κ2) is 11.8. The number of benzene rings is 3. The Morgan fingerprint density at radius 2 is 1.56 bits per heavy atom. The number of carbonyl (C=O) groups is 1. The molecular weight excluding hydrogens is 479 g/mol. The zero-order chi connectivity index (χ0) is 24.1. The smallest absolute Gasteiger partial charge is 0.415 e. The summed E-state index contributed by atoms with van der Waals surface area (Å²) in [6.45, 7) is 4.85. The van der Waals surface area contributed by atoms with E-state index >= 15 is 0 Å². The van der Waals surface area contributed by atoms with E-state index in [0.717, 1.165) is 54.8 Å². The topological polar surface area (TPSA) is 38.8 Å². The zero-order valence-corrected chi connectivity index (χ0v) is 21.0. The van der Waals surface area contributed by atoms with Gasteiger partial charge in [-0.15, -0.1) is 0 Å². The van der Waals surface area contributed by atoms with Gasteiger partial charge in [0.15, 0.2) is 6.10 Å². The summed E-state index contributed by atoms with van der Waals surface area (Å²) in [6, 6.07) is 25.9. The first kappa shape index (κ1) is 26.0. The molecule has 0 saturated carbocycles. The molecule has 7 heteroatoms. The van der Waals surface area contributed by atoms with E-state index in [2.05, 4.69) is 0 Å². The third-order valence-electron chi connectivity index (χ3n) is 7.41. The Morgan fingerprint density at radius 3 is 2.22 bits per heavy atom. The third kappa shape index (κ3) is 6.18. The van der Waals surface area contributed by atoms with E-state index in [4.69, 9.17) is 9.47 Å². The first-order chi connectivity index (χ1) is 17.1. The van der Waals surface area contributed by atoms with Gasteiger partial charge in [-0.2, -0.15) is 0 Å². The summed E-state index contributed by atoms with van der Waals surface area (Å²) >= 11 is 0. The van der Waals surface area contributed by atoms with Crippen LogP contribution < -0.4 is 22.0 Å². The first-order valence-corrected chi connectivity index (χ1v) is 12.4. The SMILES string of the molecule is O=C(O[C@H]1C[N+]2(CCOc3ccc(F)cc3)CCC1CC2)N(Cc1ccccc1)c1ccccc1.[Cl-]. The lowest BCUT2D eigenvalue weighted by Gasteiger charge is -2.52. The maximum atomic E-state index is 13.5. The molecule has 36 heavy (non-hydrogen) atoms. The number of amides is 1. The van der Waals surface area contributed by atoms with Gasteiger partial charge in [0.1, 0.15) is 31.3 Å². The van der Waals surface area contributed by atoms with Crippen LogP contribution in [0, 0.1) is 11.7 Å². The van der Waals surface area contributed by atoms with Crippen LogP contribution in [0.4, 0.5) is 14.9 Å². The number of para-hydroxylation sites is 1. The van der Waals surface area contributed by atoms with Crippen molar-refractivity contribution in [2.75, 3.05) is 37.7 Å². The van der Waals surface area contributed by atoms with Crippen molar-refractivity contribution in [2.45, 2.75) is 25.5 Å². The second-order valence-electron chi connectivity index (χ2n) is 9.66. The van der Waals surface area contributed by atoms with Crippen molar-refractivity contribution in [1.29, 1.82) is 0 Å². The van der Waals surface area contributed by atoms with Gasteiger partial charge in [0.25, 0.3) is 0 Å². The number of fused-ring (bicyclic) bond motifs is 3. The van der Waals surface area contributed by atoms with Crippen LogP contribution in [-0.4, -0.2) is 49.5 Å². The molecule has 0 aromatic heterocycles. The average molecular weight is 511 g/mol. The number of rotatable bonds is 8. The highest BCUT2D eigenvalue weighted by molar-refractivity contribution is 5.87. The van der Waals surface area contributed by atoms with Crippen molar-refractivity contribution in [3.8, 4) is 5.75 Å². The van der Waals surface area contributed by atoms with E-state index in [0.29, 0.717) is 24.8 Å². The fraction of sp³-hybridized carbons (Fsp3) is 0.345. The highest BCUT2D eigenvalue weighted by Crippen LogP contribution is 2.36. The minimum Gasteiger partial charge on any atom is -1.00 e. The zero-order valence-electron chi connectivity index (χ0n) is 20.3. The van der Waals surface area contributed by atoms with Crippen molar-refractivity contribution < 1.29 is 35.5 Å². The lowest BCUT2D eigenvalue weighted by molar-refractivity contribution is -0.946. The fourth-order valence-electron chi connectivity index (χ4n) is 5.39. The Kier molecular flexibility index (Phi) is 8.49. The van der Waals surface area contributed by atoms with Gasteiger partial charge < -0.3 is 26.4 Å². The lowest BCUT2D eigenvalue weighted by Crippen LogP contribution is -3.00. The molecule has 0 unspecified atom stereocenters. The van der Waals surface area contributed by atoms with Crippen molar-refractivity contribution in [3.63, 3.8) is 0 Å². The quantitative estimate of drug-likeness (QED) is 0.437. The van der Waals surface area contributed by atoms with Gasteiger partial charge >= 0.3 is 6.09 Å². The molecule has 3 aliphatic heterocycles. The summed E-state index contributed by atoms with van der Waals surface area (Å²) in [7, 11) is 0. The molecule has 3 aliphatic rings. The molecule has 3 heterocycles. The van der Waals surface area contributed by atoms with Crippen molar-refractivity contribution >= 4 is 11.8 Å². The summed E-state index contributed by atoms with van der Waals surface area (Å²) in [5, 5.41) is 0. The average Bonchev–Trinajstić information content (AvgIpc) is 2.90.